The highest BCUT2D eigenvalue weighted by molar-refractivity contribution is 5.66. The van der Waals surface area contributed by atoms with E-state index in [1.807, 2.05) is 18.2 Å². The Morgan fingerprint density at radius 1 is 0.909 bits per heavy atom. The van der Waals surface area contributed by atoms with Crippen LogP contribution in [-0.4, -0.2) is 17.6 Å². The number of carbonyl (C=O) groups is 1. The Bertz CT molecular complexity index is 1060. The average molecular weight is 459 g/mol. The van der Waals surface area contributed by atoms with E-state index in [4.69, 9.17) is 14.6 Å². The van der Waals surface area contributed by atoms with Crippen LogP contribution in [0, 0.1) is 0 Å². The fourth-order valence-electron chi connectivity index (χ4n) is 3.12. The first-order chi connectivity index (χ1) is 15.8. The highest BCUT2D eigenvalue weighted by atomic mass is 19.4. The summed E-state index contributed by atoms with van der Waals surface area (Å²) in [5, 5.41) is 11.6. The molecule has 0 spiro atoms. The van der Waals surface area contributed by atoms with Gasteiger partial charge in [-0.15, -0.1) is 0 Å². The van der Waals surface area contributed by atoms with Crippen LogP contribution in [-0.2, 0) is 24.1 Å². The van der Waals surface area contributed by atoms with E-state index < -0.39 is 17.7 Å². The summed E-state index contributed by atoms with van der Waals surface area (Å²) in [6.45, 7) is 0.539. The lowest BCUT2D eigenvalue weighted by Gasteiger charge is -2.16. The molecule has 5 nitrogen and oxygen atoms in total. The van der Waals surface area contributed by atoms with Crippen molar-refractivity contribution in [2.45, 2.75) is 32.2 Å². The van der Waals surface area contributed by atoms with E-state index in [2.05, 4.69) is 5.32 Å². The summed E-state index contributed by atoms with van der Waals surface area (Å²) in [7, 11) is 0. The van der Waals surface area contributed by atoms with Crippen molar-refractivity contribution >= 4 is 5.97 Å². The molecule has 0 aliphatic carbocycles. The number of hydrogen-bond acceptors (Lipinski definition) is 4. The first-order valence-electron chi connectivity index (χ1n) is 10.4. The first kappa shape index (κ1) is 24.1. The van der Waals surface area contributed by atoms with E-state index in [0.29, 0.717) is 35.6 Å². The number of carboxylic acid groups (broad SMARTS) is 1. The van der Waals surface area contributed by atoms with Gasteiger partial charge < -0.3 is 19.9 Å². The maximum Gasteiger partial charge on any atom is 0.419 e. The number of ether oxygens (including phenoxy) is 2. The lowest BCUT2D eigenvalue weighted by atomic mass is 10.1. The van der Waals surface area contributed by atoms with Gasteiger partial charge in [-0.25, -0.2) is 0 Å². The number of benzene rings is 3. The number of para-hydroxylation sites is 1. The van der Waals surface area contributed by atoms with Crippen LogP contribution in [0.5, 0.6) is 17.2 Å². The van der Waals surface area contributed by atoms with E-state index in [1.54, 1.807) is 42.5 Å². The van der Waals surface area contributed by atoms with E-state index in [0.717, 1.165) is 6.07 Å². The molecule has 0 aliphatic rings. The number of alkyl halides is 3. The van der Waals surface area contributed by atoms with E-state index in [1.165, 1.54) is 6.07 Å². The summed E-state index contributed by atoms with van der Waals surface area (Å²) in [6, 6.07) is 20.1. The predicted molar refractivity (Wildman–Crippen MR) is 117 cm³/mol. The van der Waals surface area contributed by atoms with Crippen LogP contribution >= 0.6 is 0 Å². The minimum absolute atomic E-state index is 0.00513. The first-order valence-corrected chi connectivity index (χ1v) is 10.4. The Balaban J connectivity index is 1.64. The Morgan fingerprint density at radius 2 is 1.67 bits per heavy atom. The van der Waals surface area contributed by atoms with Crippen LogP contribution in [0.3, 0.4) is 0 Å². The molecule has 0 radical (unpaired) electrons. The van der Waals surface area contributed by atoms with Gasteiger partial charge in [-0.3, -0.25) is 4.79 Å². The van der Waals surface area contributed by atoms with Crippen LogP contribution in [0.15, 0.2) is 72.8 Å². The Morgan fingerprint density at radius 3 is 2.39 bits per heavy atom. The summed E-state index contributed by atoms with van der Waals surface area (Å²) in [5.41, 5.74) is 0.244. The second kappa shape index (κ2) is 11.4. The zero-order valence-electron chi connectivity index (χ0n) is 17.8. The maximum absolute atomic E-state index is 13.6. The molecule has 3 aromatic rings. The molecule has 3 aromatic carbocycles. The van der Waals surface area contributed by atoms with Crippen molar-refractivity contribution < 1.29 is 32.5 Å². The minimum Gasteiger partial charge on any atom is -0.488 e. The van der Waals surface area contributed by atoms with Crippen molar-refractivity contribution in [1.29, 1.82) is 0 Å². The van der Waals surface area contributed by atoms with Gasteiger partial charge in [0.05, 0.1) is 5.56 Å². The van der Waals surface area contributed by atoms with E-state index in [9.17, 15) is 18.0 Å². The van der Waals surface area contributed by atoms with E-state index in [-0.39, 0.29) is 25.3 Å². The number of aliphatic carboxylic acids is 1. The molecule has 33 heavy (non-hydrogen) atoms. The molecule has 0 saturated carbocycles. The molecule has 174 valence electrons. The molecule has 0 unspecified atom stereocenters. The molecular weight excluding hydrogens is 435 g/mol. The molecule has 0 bridgehead atoms. The van der Waals surface area contributed by atoms with Crippen LogP contribution in [0.1, 0.15) is 29.5 Å². The van der Waals surface area contributed by atoms with Crippen molar-refractivity contribution in [1.82, 2.24) is 5.32 Å². The number of carboxylic acids is 1. The number of halogens is 3. The highest BCUT2D eigenvalue weighted by Gasteiger charge is 2.34. The normalized spacial score (nSPS) is 11.2. The third kappa shape index (κ3) is 7.84. The van der Waals surface area contributed by atoms with Gasteiger partial charge in [0.15, 0.2) is 0 Å². The standard InChI is InChI=1S/C25H24F3NO4/c26-25(27,28)22-15-18(16-29-13-5-10-24(30)31)11-12-23(22)32-17-19-6-4-9-21(14-19)33-20-7-2-1-3-8-20/h1-4,6-9,11-12,14-15,29H,5,10,13,16-17H2,(H,30,31). The monoisotopic (exact) mass is 459 g/mol. The van der Waals surface area contributed by atoms with Gasteiger partial charge in [-0.05, 0) is 60.5 Å². The summed E-state index contributed by atoms with van der Waals surface area (Å²) in [5.74, 6) is 0.0473. The van der Waals surface area contributed by atoms with Crippen molar-refractivity contribution in [2.75, 3.05) is 6.54 Å². The van der Waals surface area contributed by atoms with Crippen LogP contribution in [0.2, 0.25) is 0 Å². The smallest absolute Gasteiger partial charge is 0.419 e. The van der Waals surface area contributed by atoms with Crippen LogP contribution < -0.4 is 14.8 Å². The summed E-state index contributed by atoms with van der Waals surface area (Å²) in [6.07, 6.45) is -4.17. The largest absolute Gasteiger partial charge is 0.488 e. The minimum atomic E-state index is -4.58. The number of rotatable bonds is 11. The van der Waals surface area contributed by atoms with E-state index >= 15 is 0 Å². The fourth-order valence-corrected chi connectivity index (χ4v) is 3.12. The van der Waals surface area contributed by atoms with Gasteiger partial charge in [-0.1, -0.05) is 36.4 Å². The van der Waals surface area contributed by atoms with Gasteiger partial charge in [-0.2, -0.15) is 13.2 Å². The van der Waals surface area contributed by atoms with Crippen molar-refractivity contribution in [3.63, 3.8) is 0 Å². The third-order valence-corrected chi connectivity index (χ3v) is 4.69. The van der Waals surface area contributed by atoms with Gasteiger partial charge in [0.25, 0.3) is 0 Å². The molecule has 0 fully saturated rings. The van der Waals surface area contributed by atoms with Crippen molar-refractivity contribution in [3.05, 3.63) is 89.5 Å². The second-order valence-electron chi connectivity index (χ2n) is 7.35. The topological polar surface area (TPSA) is 67.8 Å². The molecule has 0 aromatic heterocycles. The fraction of sp³-hybridized carbons (Fsp3) is 0.240. The third-order valence-electron chi connectivity index (χ3n) is 4.69. The van der Waals surface area contributed by atoms with Crippen LogP contribution in [0.25, 0.3) is 0 Å². The van der Waals surface area contributed by atoms with Crippen molar-refractivity contribution in [3.8, 4) is 17.2 Å². The zero-order chi connectivity index (χ0) is 23.7. The summed E-state index contributed by atoms with van der Waals surface area (Å²) in [4.78, 5) is 10.5. The SMILES string of the molecule is O=C(O)CCCNCc1ccc(OCc2cccc(Oc3ccccc3)c2)c(C(F)(F)F)c1. The lowest BCUT2D eigenvalue weighted by molar-refractivity contribution is -0.139. The average Bonchev–Trinajstić information content (AvgIpc) is 2.78. The maximum atomic E-state index is 13.6. The summed E-state index contributed by atoms with van der Waals surface area (Å²) >= 11 is 0. The predicted octanol–water partition coefficient (Wildman–Crippen LogP) is 6.03. The van der Waals surface area contributed by atoms with Gasteiger partial charge >= 0.3 is 12.1 Å². The Kier molecular flexibility index (Phi) is 8.32. The number of hydrogen-bond donors (Lipinski definition) is 2. The molecule has 8 heteroatoms. The molecule has 0 amide bonds. The molecular formula is C25H24F3NO4. The molecule has 0 heterocycles. The summed E-state index contributed by atoms with van der Waals surface area (Å²) < 4.78 is 52.1. The Labute approximate surface area is 189 Å². The lowest BCUT2D eigenvalue weighted by Crippen LogP contribution is -2.17. The van der Waals surface area contributed by atoms with Crippen molar-refractivity contribution in [2.24, 2.45) is 0 Å². The van der Waals surface area contributed by atoms with Gasteiger partial charge in [0.2, 0.25) is 0 Å². The van der Waals surface area contributed by atoms with Gasteiger partial charge in [0, 0.05) is 13.0 Å². The molecule has 0 saturated heterocycles. The highest BCUT2D eigenvalue weighted by Crippen LogP contribution is 2.37. The molecule has 0 atom stereocenters. The van der Waals surface area contributed by atoms with Crippen LogP contribution in [0.4, 0.5) is 13.2 Å². The quantitative estimate of drug-likeness (QED) is 0.343. The molecule has 2 N–H and O–H groups in total. The van der Waals surface area contributed by atoms with Gasteiger partial charge in [0.1, 0.15) is 23.9 Å². The number of nitrogens with one attached hydrogen (secondary N) is 1. The molecule has 0 aliphatic heterocycles. The Hall–Kier alpha value is -3.52. The zero-order valence-corrected chi connectivity index (χ0v) is 17.8. The molecule has 3 rings (SSSR count). The second-order valence-corrected chi connectivity index (χ2v) is 7.35.